The molecule has 0 aliphatic heterocycles. The number of nitrogens with zero attached hydrogens (tertiary/aromatic N) is 4. The van der Waals surface area contributed by atoms with Gasteiger partial charge in [-0.15, -0.1) is 0 Å². The first-order valence-corrected chi connectivity index (χ1v) is 13.6. The molecule has 2 aromatic heterocycles. The number of rotatable bonds is 6. The van der Waals surface area contributed by atoms with Crippen LogP contribution in [0, 0.1) is 0 Å². The number of aromatic nitrogens is 4. The fourth-order valence-corrected chi connectivity index (χ4v) is 4.77. The molecule has 6 rings (SSSR count). The number of hydrogen-bond donors (Lipinski definition) is 3. The van der Waals surface area contributed by atoms with E-state index in [1.54, 1.807) is 49.6 Å². The van der Waals surface area contributed by atoms with E-state index in [1.807, 2.05) is 0 Å². The first-order valence-electron chi connectivity index (χ1n) is 13.6. The SMILES string of the molecule is COC(=O)c1cc(OC)cc2ncn(-c3ccc(OC)cc3)c(=O)c12.O=c1c2c(CO)cc(O)cc2ncn1-c1ccc(O)cc1. The predicted octanol–water partition coefficient (Wildman–Crippen LogP) is 3.48. The highest BCUT2D eigenvalue weighted by atomic mass is 16.5. The van der Waals surface area contributed by atoms with Gasteiger partial charge in [0.25, 0.3) is 11.1 Å². The predicted molar refractivity (Wildman–Crippen MR) is 168 cm³/mol. The second kappa shape index (κ2) is 13.2. The van der Waals surface area contributed by atoms with Gasteiger partial charge in [0.1, 0.15) is 35.7 Å². The van der Waals surface area contributed by atoms with E-state index in [0.717, 1.165) is 0 Å². The largest absolute Gasteiger partial charge is 0.508 e. The summed E-state index contributed by atoms with van der Waals surface area (Å²) < 4.78 is 17.8. The average molecular weight is 625 g/mol. The van der Waals surface area contributed by atoms with Gasteiger partial charge in [-0.25, -0.2) is 14.8 Å². The molecule has 0 saturated carbocycles. The maximum atomic E-state index is 13.0. The second-order valence-electron chi connectivity index (χ2n) is 9.77. The summed E-state index contributed by atoms with van der Waals surface area (Å²) in [5, 5.41) is 28.6. The molecular formula is C33H28N4O9. The standard InChI is InChI=1S/C18H16N2O5.C15H12N2O4/c1-23-12-6-4-11(5-7-12)20-10-19-15-9-13(24-2)8-14(18(22)25-3)16(15)17(20)21;18-7-9-5-12(20)6-13-14(9)15(21)17(8-16-13)10-1-3-11(19)4-2-10/h4-10H,1-3H3;1-6,8,18-20H,7H2. The van der Waals surface area contributed by atoms with Crippen LogP contribution in [0.3, 0.4) is 0 Å². The molecular weight excluding hydrogens is 596 g/mol. The molecule has 0 atom stereocenters. The van der Waals surface area contributed by atoms with E-state index in [-0.39, 0.29) is 45.6 Å². The van der Waals surface area contributed by atoms with Gasteiger partial charge in [0, 0.05) is 12.1 Å². The number of aromatic hydroxyl groups is 2. The maximum absolute atomic E-state index is 13.0. The van der Waals surface area contributed by atoms with Gasteiger partial charge >= 0.3 is 5.97 Å². The molecule has 0 fully saturated rings. The van der Waals surface area contributed by atoms with Crippen LogP contribution in [0.15, 0.2) is 95.0 Å². The zero-order valence-corrected chi connectivity index (χ0v) is 24.9. The van der Waals surface area contributed by atoms with E-state index in [9.17, 15) is 29.7 Å². The molecule has 0 aliphatic rings. The number of phenolic OH excluding ortho intramolecular Hbond substituents is 2. The summed E-state index contributed by atoms with van der Waals surface area (Å²) in [4.78, 5) is 46.1. The first kappa shape index (κ1) is 31.2. The van der Waals surface area contributed by atoms with E-state index >= 15 is 0 Å². The van der Waals surface area contributed by atoms with Crippen LogP contribution in [0.25, 0.3) is 33.2 Å². The van der Waals surface area contributed by atoms with Crippen molar-refractivity contribution < 1.29 is 34.3 Å². The molecule has 0 unspecified atom stereocenters. The Kier molecular flexibility index (Phi) is 8.96. The van der Waals surface area contributed by atoms with Crippen LogP contribution < -0.4 is 20.6 Å². The number of aliphatic hydroxyl groups is 1. The number of fused-ring (bicyclic) bond motifs is 2. The van der Waals surface area contributed by atoms with Crippen molar-refractivity contribution in [3.63, 3.8) is 0 Å². The molecule has 13 nitrogen and oxygen atoms in total. The normalized spacial score (nSPS) is 10.7. The highest BCUT2D eigenvalue weighted by molar-refractivity contribution is 6.03. The summed E-state index contributed by atoms with van der Waals surface area (Å²) in [7, 11) is 4.29. The highest BCUT2D eigenvalue weighted by Crippen LogP contribution is 2.24. The number of hydrogen-bond acceptors (Lipinski definition) is 11. The van der Waals surface area contributed by atoms with Gasteiger partial charge in [-0.05, 0) is 66.2 Å². The number of carbonyl (C=O) groups is 1. The lowest BCUT2D eigenvalue weighted by Gasteiger charge is -2.11. The fourth-order valence-electron chi connectivity index (χ4n) is 4.77. The average Bonchev–Trinajstić information content (AvgIpc) is 3.08. The van der Waals surface area contributed by atoms with Crippen LogP contribution >= 0.6 is 0 Å². The van der Waals surface area contributed by atoms with Crippen LogP contribution in [-0.4, -0.2) is 61.7 Å². The number of aliphatic hydroxyl groups excluding tert-OH is 1. The molecule has 2 heterocycles. The lowest BCUT2D eigenvalue weighted by Crippen LogP contribution is -2.21. The fraction of sp³-hybridized carbons (Fsp3) is 0.121. The smallest absolute Gasteiger partial charge is 0.338 e. The Morgan fingerprint density at radius 1 is 0.696 bits per heavy atom. The van der Waals surface area contributed by atoms with Crippen molar-refractivity contribution in [2.75, 3.05) is 21.3 Å². The minimum absolute atomic E-state index is 0.0548. The summed E-state index contributed by atoms with van der Waals surface area (Å²) in [5.74, 6) is 0.505. The van der Waals surface area contributed by atoms with Crippen LogP contribution in [0.5, 0.6) is 23.0 Å². The summed E-state index contributed by atoms with van der Waals surface area (Å²) in [5.41, 5.74) is 1.52. The molecule has 0 bridgehead atoms. The number of methoxy groups -OCH3 is 3. The highest BCUT2D eigenvalue weighted by Gasteiger charge is 2.18. The van der Waals surface area contributed by atoms with Crippen LogP contribution in [0.1, 0.15) is 15.9 Å². The Morgan fingerprint density at radius 3 is 1.78 bits per heavy atom. The summed E-state index contributed by atoms with van der Waals surface area (Å²) >= 11 is 0. The molecule has 0 amide bonds. The zero-order valence-electron chi connectivity index (χ0n) is 24.9. The third kappa shape index (κ3) is 6.07. The minimum Gasteiger partial charge on any atom is -0.508 e. The molecule has 6 aromatic rings. The van der Waals surface area contributed by atoms with E-state index in [4.69, 9.17) is 14.2 Å². The molecule has 3 N–H and O–H groups in total. The van der Waals surface area contributed by atoms with Crippen LogP contribution in [0.2, 0.25) is 0 Å². The third-order valence-corrected chi connectivity index (χ3v) is 7.05. The van der Waals surface area contributed by atoms with E-state index in [0.29, 0.717) is 39.5 Å². The lowest BCUT2D eigenvalue weighted by atomic mass is 10.1. The van der Waals surface area contributed by atoms with Crippen molar-refractivity contribution in [3.05, 3.63) is 117 Å². The zero-order chi connectivity index (χ0) is 33.0. The Labute approximate surface area is 260 Å². The number of esters is 1. The van der Waals surface area contributed by atoms with Gasteiger partial charge in [-0.3, -0.25) is 18.7 Å². The van der Waals surface area contributed by atoms with Gasteiger partial charge in [-0.2, -0.15) is 0 Å². The maximum Gasteiger partial charge on any atom is 0.338 e. The molecule has 4 aromatic carbocycles. The van der Waals surface area contributed by atoms with Crippen molar-refractivity contribution in [3.8, 4) is 34.4 Å². The summed E-state index contributed by atoms with van der Waals surface area (Å²) in [6, 6.07) is 18.8. The number of ether oxygens (including phenoxy) is 3. The van der Waals surface area contributed by atoms with Gasteiger partial charge < -0.3 is 29.5 Å². The number of phenols is 2. The lowest BCUT2D eigenvalue weighted by molar-refractivity contribution is 0.0602. The van der Waals surface area contributed by atoms with Gasteiger partial charge in [0.15, 0.2) is 0 Å². The van der Waals surface area contributed by atoms with Crippen molar-refractivity contribution >= 4 is 27.8 Å². The second-order valence-corrected chi connectivity index (χ2v) is 9.77. The topological polar surface area (TPSA) is 175 Å². The summed E-state index contributed by atoms with van der Waals surface area (Å²) in [6.07, 6.45) is 2.75. The summed E-state index contributed by atoms with van der Waals surface area (Å²) in [6.45, 7) is -0.374. The quantitative estimate of drug-likeness (QED) is 0.231. The monoisotopic (exact) mass is 624 g/mol. The number of benzene rings is 4. The van der Waals surface area contributed by atoms with Gasteiger partial charge in [0.05, 0.1) is 66.7 Å². The molecule has 0 radical (unpaired) electrons. The van der Waals surface area contributed by atoms with Crippen molar-refractivity contribution in [1.29, 1.82) is 0 Å². The van der Waals surface area contributed by atoms with Gasteiger partial charge in [-0.1, -0.05) is 0 Å². The van der Waals surface area contributed by atoms with E-state index < -0.39 is 5.97 Å². The van der Waals surface area contributed by atoms with E-state index in [2.05, 4.69) is 9.97 Å². The van der Waals surface area contributed by atoms with Gasteiger partial charge in [0.2, 0.25) is 0 Å². The molecule has 0 aliphatic carbocycles. The molecule has 46 heavy (non-hydrogen) atoms. The Morgan fingerprint density at radius 2 is 1.24 bits per heavy atom. The molecule has 13 heteroatoms. The Balaban J connectivity index is 0.000000184. The first-order chi connectivity index (χ1) is 22.2. The molecule has 0 saturated heterocycles. The third-order valence-electron chi connectivity index (χ3n) is 7.05. The number of carbonyl (C=O) groups excluding carboxylic acids is 1. The van der Waals surface area contributed by atoms with Crippen LogP contribution in [0.4, 0.5) is 0 Å². The Hall–Kier alpha value is -6.21. The molecule has 234 valence electrons. The Bertz CT molecular complexity index is 2170. The minimum atomic E-state index is -0.629. The van der Waals surface area contributed by atoms with Crippen molar-refractivity contribution in [1.82, 2.24) is 19.1 Å². The molecule has 0 spiro atoms. The van der Waals surface area contributed by atoms with Crippen molar-refractivity contribution in [2.24, 2.45) is 0 Å². The van der Waals surface area contributed by atoms with Crippen LogP contribution in [-0.2, 0) is 11.3 Å². The van der Waals surface area contributed by atoms with Crippen molar-refractivity contribution in [2.45, 2.75) is 6.61 Å². The van der Waals surface area contributed by atoms with E-state index in [1.165, 1.54) is 66.3 Å².